The van der Waals surface area contributed by atoms with Crippen molar-refractivity contribution in [2.75, 3.05) is 26.2 Å². The molecule has 2 atom stereocenters. The second-order valence-electron chi connectivity index (χ2n) is 15.0. The van der Waals surface area contributed by atoms with Crippen LogP contribution in [0, 0.1) is 0 Å². The Morgan fingerprint density at radius 2 is 1.38 bits per heavy atom. The highest BCUT2D eigenvalue weighted by Crippen LogP contribution is 2.29. The predicted molar refractivity (Wildman–Crippen MR) is 174 cm³/mol. The first-order chi connectivity index (χ1) is 21.3. The lowest BCUT2D eigenvalue weighted by Gasteiger charge is -2.31. The van der Waals surface area contributed by atoms with Crippen LogP contribution >= 0.6 is 0 Å². The predicted octanol–water partition coefficient (Wildman–Crippen LogP) is 5.18. The van der Waals surface area contributed by atoms with Gasteiger partial charge in [0.25, 0.3) is 0 Å². The largest absolute Gasteiger partial charge is 0.490 e. The van der Waals surface area contributed by atoms with Crippen LogP contribution in [-0.4, -0.2) is 99.9 Å². The summed E-state index contributed by atoms with van der Waals surface area (Å²) in [6.07, 6.45) is -3.63. The zero-order valence-corrected chi connectivity index (χ0v) is 29.8. The zero-order valence-electron chi connectivity index (χ0n) is 29.8. The number of hydrogen-bond donors (Lipinski definition) is 2. The molecule has 0 fully saturated rings. The number of aliphatic imine (C=N–C) groups is 1. The van der Waals surface area contributed by atoms with Gasteiger partial charge in [0, 0.05) is 13.1 Å². The van der Waals surface area contributed by atoms with Crippen LogP contribution < -0.4 is 10.1 Å². The van der Waals surface area contributed by atoms with E-state index in [2.05, 4.69) is 5.32 Å². The molecular formula is C33H52N4O10. The second-order valence-corrected chi connectivity index (χ2v) is 15.0. The zero-order chi connectivity index (χ0) is 36.0. The Morgan fingerprint density at radius 3 is 1.89 bits per heavy atom. The molecule has 1 aliphatic rings. The van der Waals surface area contributed by atoms with E-state index < -0.39 is 58.8 Å². The average molecular weight is 665 g/mol. The molecule has 2 N–H and O–H groups in total. The third kappa shape index (κ3) is 14.1. The van der Waals surface area contributed by atoms with E-state index >= 15 is 0 Å². The van der Waals surface area contributed by atoms with Crippen molar-refractivity contribution < 1.29 is 48.0 Å². The Labute approximate surface area is 277 Å². The van der Waals surface area contributed by atoms with Gasteiger partial charge in [0.05, 0.1) is 12.6 Å². The number of hydrogen-bond acceptors (Lipinski definition) is 11. The van der Waals surface area contributed by atoms with Crippen LogP contribution in [0.4, 0.5) is 14.4 Å². The Morgan fingerprint density at radius 1 is 0.851 bits per heavy atom. The van der Waals surface area contributed by atoms with E-state index in [9.17, 15) is 24.3 Å². The van der Waals surface area contributed by atoms with Crippen molar-refractivity contribution in [2.24, 2.45) is 4.99 Å². The van der Waals surface area contributed by atoms with Crippen molar-refractivity contribution in [3.8, 4) is 5.75 Å². The number of benzene rings is 1. The number of carbonyl (C=O) groups excluding carboxylic acids is 4. The molecular weight excluding hydrogens is 612 g/mol. The molecule has 0 radical (unpaired) electrons. The van der Waals surface area contributed by atoms with E-state index in [1.807, 2.05) is 0 Å². The molecule has 0 aromatic heterocycles. The van der Waals surface area contributed by atoms with Crippen molar-refractivity contribution in [2.45, 2.75) is 118 Å². The first kappa shape index (κ1) is 39.1. The maximum absolute atomic E-state index is 13.5. The topological polar surface area (TPSA) is 166 Å². The summed E-state index contributed by atoms with van der Waals surface area (Å²) >= 11 is 0. The van der Waals surface area contributed by atoms with E-state index in [-0.39, 0.29) is 32.2 Å². The third-order valence-corrected chi connectivity index (χ3v) is 5.69. The average Bonchev–Trinajstić information content (AvgIpc) is 3.31. The van der Waals surface area contributed by atoms with Gasteiger partial charge in [-0.15, -0.1) is 0 Å². The number of alkyl carbamates (subject to hydrolysis) is 1. The van der Waals surface area contributed by atoms with Gasteiger partial charge in [0.2, 0.25) is 5.96 Å². The van der Waals surface area contributed by atoms with Crippen LogP contribution in [-0.2, 0) is 23.7 Å². The molecule has 1 aromatic rings. The highest BCUT2D eigenvalue weighted by molar-refractivity contribution is 6.02. The Bertz CT molecular complexity index is 1280. The Kier molecular flexibility index (Phi) is 12.7. The minimum atomic E-state index is -1.47. The minimum absolute atomic E-state index is 0.00898. The SMILES string of the molecule is CC(C)(C)OC(=O)NCCN(C(=O)OC(C)(C)C)C1=N[C@@H](c2ccc(OCC(O)C(=O)OC(C)(C)C)cc2)CN1C(=O)OC(C)(C)C. The summed E-state index contributed by atoms with van der Waals surface area (Å²) in [6, 6.07) is 6.11. The normalized spacial score (nSPS) is 16.1. The molecule has 14 heteroatoms. The fourth-order valence-corrected chi connectivity index (χ4v) is 3.95. The van der Waals surface area contributed by atoms with Gasteiger partial charge in [0.15, 0.2) is 6.10 Å². The summed E-state index contributed by atoms with van der Waals surface area (Å²) in [7, 11) is 0. The second kappa shape index (κ2) is 15.2. The molecule has 1 unspecified atom stereocenters. The number of esters is 1. The fourth-order valence-electron chi connectivity index (χ4n) is 3.95. The number of nitrogens with zero attached hydrogens (tertiary/aromatic N) is 3. The Balaban J connectivity index is 2.34. The van der Waals surface area contributed by atoms with Crippen LogP contribution in [0.5, 0.6) is 5.75 Å². The fraction of sp³-hybridized carbons (Fsp3) is 0.667. The number of rotatable bonds is 8. The molecule has 3 amide bonds. The summed E-state index contributed by atoms with van der Waals surface area (Å²) in [5.41, 5.74) is -2.48. The smallest absolute Gasteiger partial charge is 0.417 e. The molecule has 0 saturated carbocycles. The summed E-state index contributed by atoms with van der Waals surface area (Å²) in [5.74, 6) is -0.420. The lowest BCUT2D eigenvalue weighted by atomic mass is 10.1. The van der Waals surface area contributed by atoms with Gasteiger partial charge in [0.1, 0.15) is 34.8 Å². The van der Waals surface area contributed by atoms with Crippen LogP contribution in [0.1, 0.15) is 94.7 Å². The Hall–Kier alpha value is -4.07. The maximum atomic E-state index is 13.5. The molecule has 0 saturated heterocycles. The van der Waals surface area contributed by atoms with Gasteiger partial charge in [-0.2, -0.15) is 0 Å². The van der Waals surface area contributed by atoms with Crippen molar-refractivity contribution in [3.63, 3.8) is 0 Å². The molecule has 0 aliphatic carbocycles. The maximum Gasteiger partial charge on any atom is 0.417 e. The van der Waals surface area contributed by atoms with Crippen molar-refractivity contribution in [1.29, 1.82) is 0 Å². The third-order valence-electron chi connectivity index (χ3n) is 5.69. The minimum Gasteiger partial charge on any atom is -0.490 e. The van der Waals surface area contributed by atoms with Gasteiger partial charge < -0.3 is 34.1 Å². The van der Waals surface area contributed by atoms with Gasteiger partial charge >= 0.3 is 24.2 Å². The lowest BCUT2D eigenvalue weighted by molar-refractivity contribution is -0.166. The molecule has 2 rings (SSSR count). The number of amides is 3. The number of aliphatic hydroxyl groups is 1. The quantitative estimate of drug-likeness (QED) is 0.279. The molecule has 14 nitrogen and oxygen atoms in total. The van der Waals surface area contributed by atoms with Gasteiger partial charge in [-0.25, -0.2) is 34.0 Å². The summed E-state index contributed by atoms with van der Waals surface area (Å²) in [6.45, 7) is 20.2. The standard InChI is InChI=1S/C33H52N4O10/c1-30(2,3)44-25(39)24(38)20-43-22-15-13-21(14-16-22)23-19-37(29(42)47-33(10,11)12)26(35-23)36(28(41)46-32(7,8)9)18-17-34-27(40)45-31(4,5)6/h13-16,23-24,38H,17-20H2,1-12H3,(H,34,40)/t23-,24?/m1/s1. The van der Waals surface area contributed by atoms with E-state index in [1.165, 1.54) is 9.80 Å². The van der Waals surface area contributed by atoms with Crippen LogP contribution in [0.15, 0.2) is 29.3 Å². The molecule has 264 valence electrons. The highest BCUT2D eigenvalue weighted by atomic mass is 16.6. The number of ether oxygens (including phenoxy) is 5. The lowest BCUT2D eigenvalue weighted by Crippen LogP contribution is -2.52. The monoisotopic (exact) mass is 664 g/mol. The van der Waals surface area contributed by atoms with Crippen molar-refractivity contribution in [3.05, 3.63) is 29.8 Å². The van der Waals surface area contributed by atoms with E-state index in [0.717, 1.165) is 0 Å². The number of guanidine groups is 1. The van der Waals surface area contributed by atoms with Crippen molar-refractivity contribution in [1.82, 2.24) is 15.1 Å². The molecule has 1 aliphatic heterocycles. The van der Waals surface area contributed by atoms with Gasteiger partial charge in [-0.1, -0.05) is 12.1 Å². The first-order valence-electron chi connectivity index (χ1n) is 15.5. The number of carbonyl (C=O) groups is 4. The molecule has 1 heterocycles. The molecule has 0 spiro atoms. The van der Waals surface area contributed by atoms with Gasteiger partial charge in [-0.05, 0) is 101 Å². The number of aliphatic hydroxyl groups excluding tert-OH is 1. The van der Waals surface area contributed by atoms with E-state index in [0.29, 0.717) is 11.3 Å². The van der Waals surface area contributed by atoms with Crippen molar-refractivity contribution >= 4 is 30.2 Å². The van der Waals surface area contributed by atoms with E-state index in [4.69, 9.17) is 28.7 Å². The summed E-state index contributed by atoms with van der Waals surface area (Å²) in [4.78, 5) is 58.4. The van der Waals surface area contributed by atoms with Crippen LogP contribution in [0.25, 0.3) is 0 Å². The van der Waals surface area contributed by atoms with Gasteiger partial charge in [-0.3, -0.25) is 0 Å². The summed E-state index contributed by atoms with van der Waals surface area (Å²) < 4.78 is 27.3. The first-order valence-corrected chi connectivity index (χ1v) is 15.5. The molecule has 47 heavy (non-hydrogen) atoms. The number of nitrogens with one attached hydrogen (secondary N) is 1. The molecule has 1 aromatic carbocycles. The molecule has 0 bridgehead atoms. The van der Waals surface area contributed by atoms with E-state index in [1.54, 1.807) is 107 Å². The van der Waals surface area contributed by atoms with Crippen LogP contribution in [0.2, 0.25) is 0 Å². The highest BCUT2D eigenvalue weighted by Gasteiger charge is 2.40. The van der Waals surface area contributed by atoms with Crippen LogP contribution in [0.3, 0.4) is 0 Å². The summed E-state index contributed by atoms with van der Waals surface area (Å²) in [5, 5.41) is 12.7.